The van der Waals surface area contributed by atoms with Gasteiger partial charge in [-0.05, 0) is 41.5 Å². The molecule has 2 N–H and O–H groups in total. The summed E-state index contributed by atoms with van der Waals surface area (Å²) in [6.07, 6.45) is 2.11. The number of ether oxygens (including phenoxy) is 1. The number of hydrogen-bond acceptors (Lipinski definition) is 5. The second kappa shape index (κ2) is 8.39. The standard InChI is InChI=1S/C25H21N5O2/c1-32-20-14-12-19(13-15-20)23(31)27-24-28-25-26-21(17-8-4-2-5-9-17)16-22(30(25)29-24)18-10-6-3-7-11-18/h2-16,22H,1H3,(H2,26,27,28,29,31)/t22-/m1/s1. The number of hydrogen-bond donors (Lipinski definition) is 2. The third kappa shape index (κ3) is 3.83. The van der Waals surface area contributed by atoms with Crippen LogP contribution in [0.3, 0.4) is 0 Å². The van der Waals surface area contributed by atoms with Gasteiger partial charge in [-0.2, -0.15) is 4.98 Å². The predicted molar refractivity (Wildman–Crippen MR) is 124 cm³/mol. The summed E-state index contributed by atoms with van der Waals surface area (Å²) >= 11 is 0. The highest BCUT2D eigenvalue weighted by atomic mass is 16.5. The Hall–Kier alpha value is -4.39. The van der Waals surface area contributed by atoms with Gasteiger partial charge in [-0.25, -0.2) is 4.68 Å². The molecule has 0 saturated carbocycles. The molecule has 4 aromatic rings. The number of methoxy groups -OCH3 is 1. The summed E-state index contributed by atoms with van der Waals surface area (Å²) in [5.41, 5.74) is 3.55. The predicted octanol–water partition coefficient (Wildman–Crippen LogP) is 4.60. The molecule has 0 aliphatic carbocycles. The first kappa shape index (κ1) is 19.6. The Morgan fingerprint density at radius 2 is 1.66 bits per heavy atom. The van der Waals surface area contributed by atoms with Crippen molar-refractivity contribution in [2.24, 2.45) is 0 Å². The third-order valence-corrected chi connectivity index (χ3v) is 5.27. The molecule has 0 spiro atoms. The fraction of sp³-hybridized carbons (Fsp3) is 0.0800. The van der Waals surface area contributed by atoms with Gasteiger partial charge in [-0.1, -0.05) is 60.7 Å². The van der Waals surface area contributed by atoms with Crippen molar-refractivity contribution in [1.29, 1.82) is 0 Å². The maximum Gasteiger partial charge on any atom is 0.258 e. The topological polar surface area (TPSA) is 81.1 Å². The Morgan fingerprint density at radius 1 is 0.969 bits per heavy atom. The lowest BCUT2D eigenvalue weighted by molar-refractivity contribution is 0.102. The summed E-state index contributed by atoms with van der Waals surface area (Å²) in [5.74, 6) is 1.19. The number of fused-ring (bicyclic) bond motifs is 1. The average molecular weight is 423 g/mol. The van der Waals surface area contributed by atoms with E-state index in [2.05, 4.69) is 38.9 Å². The van der Waals surface area contributed by atoms with Crippen LogP contribution in [0.25, 0.3) is 5.70 Å². The number of nitrogens with one attached hydrogen (secondary N) is 2. The molecule has 7 heteroatoms. The van der Waals surface area contributed by atoms with E-state index >= 15 is 0 Å². The molecule has 0 unspecified atom stereocenters. The molecule has 0 radical (unpaired) electrons. The van der Waals surface area contributed by atoms with Crippen LogP contribution in [-0.2, 0) is 0 Å². The Kier molecular flexibility index (Phi) is 5.13. The molecule has 3 aromatic carbocycles. The van der Waals surface area contributed by atoms with Gasteiger partial charge >= 0.3 is 0 Å². The first-order valence-corrected chi connectivity index (χ1v) is 10.2. The van der Waals surface area contributed by atoms with E-state index in [4.69, 9.17) is 4.74 Å². The van der Waals surface area contributed by atoms with Crippen LogP contribution in [0.4, 0.5) is 11.9 Å². The fourth-order valence-electron chi connectivity index (χ4n) is 3.64. The lowest BCUT2D eigenvalue weighted by atomic mass is 10.0. The number of rotatable bonds is 5. The minimum atomic E-state index is -0.289. The second-order valence-electron chi connectivity index (χ2n) is 7.31. The lowest BCUT2D eigenvalue weighted by Gasteiger charge is -2.24. The van der Waals surface area contributed by atoms with Gasteiger partial charge in [0.1, 0.15) is 11.8 Å². The van der Waals surface area contributed by atoms with Crippen LogP contribution in [0.15, 0.2) is 91.0 Å². The van der Waals surface area contributed by atoms with Crippen LogP contribution in [0.2, 0.25) is 0 Å². The summed E-state index contributed by atoms with van der Waals surface area (Å²) in [6, 6.07) is 26.8. The van der Waals surface area contributed by atoms with Gasteiger partial charge in [0.15, 0.2) is 0 Å². The zero-order valence-electron chi connectivity index (χ0n) is 17.4. The molecule has 1 aliphatic heterocycles. The van der Waals surface area contributed by atoms with Crippen LogP contribution in [-0.4, -0.2) is 27.8 Å². The van der Waals surface area contributed by atoms with Gasteiger partial charge < -0.3 is 10.1 Å². The average Bonchev–Trinajstić information content (AvgIpc) is 3.26. The third-order valence-electron chi connectivity index (χ3n) is 5.27. The summed E-state index contributed by atoms with van der Waals surface area (Å²) in [7, 11) is 1.59. The molecule has 32 heavy (non-hydrogen) atoms. The number of carbonyl (C=O) groups is 1. The number of aromatic nitrogens is 3. The highest BCUT2D eigenvalue weighted by Gasteiger charge is 2.25. The summed E-state index contributed by atoms with van der Waals surface area (Å²) in [4.78, 5) is 17.2. The van der Waals surface area contributed by atoms with Crippen LogP contribution >= 0.6 is 0 Å². The summed E-state index contributed by atoms with van der Waals surface area (Å²) in [5, 5.41) is 10.7. The summed E-state index contributed by atoms with van der Waals surface area (Å²) in [6.45, 7) is 0. The Balaban J connectivity index is 1.47. The quantitative estimate of drug-likeness (QED) is 0.491. The van der Waals surface area contributed by atoms with Gasteiger partial charge in [-0.15, -0.1) is 5.10 Å². The van der Waals surface area contributed by atoms with E-state index in [0.717, 1.165) is 16.8 Å². The summed E-state index contributed by atoms with van der Waals surface area (Å²) < 4.78 is 6.93. The molecule has 0 saturated heterocycles. The smallest absolute Gasteiger partial charge is 0.258 e. The number of anilines is 2. The van der Waals surface area contributed by atoms with E-state index in [1.165, 1.54) is 0 Å². The molecule has 1 aromatic heterocycles. The number of allylic oxidation sites excluding steroid dienone is 1. The molecule has 7 nitrogen and oxygen atoms in total. The molecule has 0 fully saturated rings. The van der Waals surface area contributed by atoms with E-state index in [-0.39, 0.29) is 17.9 Å². The van der Waals surface area contributed by atoms with Gasteiger partial charge in [0, 0.05) is 11.3 Å². The van der Waals surface area contributed by atoms with Crippen molar-refractivity contribution < 1.29 is 9.53 Å². The van der Waals surface area contributed by atoms with Crippen molar-refractivity contribution in [2.45, 2.75) is 6.04 Å². The molecule has 1 aliphatic rings. The Labute approximate surface area is 185 Å². The Bertz CT molecular complexity index is 1260. The van der Waals surface area contributed by atoms with Crippen molar-refractivity contribution in [3.8, 4) is 5.75 Å². The second-order valence-corrected chi connectivity index (χ2v) is 7.31. The van der Waals surface area contributed by atoms with E-state index in [1.54, 1.807) is 36.1 Å². The molecule has 1 atom stereocenters. The largest absolute Gasteiger partial charge is 0.497 e. The SMILES string of the molecule is COc1ccc(C(=O)Nc2nc3n(n2)[C@@H](c2ccccc2)C=C(c2ccccc2)N3)cc1. The number of amides is 1. The maximum atomic E-state index is 12.7. The monoisotopic (exact) mass is 423 g/mol. The van der Waals surface area contributed by atoms with Gasteiger partial charge in [0.25, 0.3) is 11.9 Å². The number of nitrogens with zero attached hydrogens (tertiary/aromatic N) is 3. The molecule has 0 bridgehead atoms. The van der Waals surface area contributed by atoms with E-state index in [9.17, 15) is 4.79 Å². The van der Waals surface area contributed by atoms with Crippen LogP contribution in [0.5, 0.6) is 5.75 Å². The fourth-order valence-corrected chi connectivity index (χ4v) is 3.64. The Morgan fingerprint density at radius 3 is 2.34 bits per heavy atom. The normalized spacial score (nSPS) is 14.7. The van der Waals surface area contributed by atoms with Gasteiger partial charge in [-0.3, -0.25) is 10.1 Å². The maximum absolute atomic E-state index is 12.7. The van der Waals surface area contributed by atoms with Crippen LogP contribution < -0.4 is 15.4 Å². The van der Waals surface area contributed by atoms with Crippen molar-refractivity contribution in [3.05, 3.63) is 108 Å². The van der Waals surface area contributed by atoms with E-state index in [1.807, 2.05) is 48.5 Å². The molecule has 158 valence electrons. The molecule has 1 amide bonds. The van der Waals surface area contributed by atoms with Crippen molar-refractivity contribution in [2.75, 3.05) is 17.7 Å². The zero-order chi connectivity index (χ0) is 21.9. The first-order valence-electron chi connectivity index (χ1n) is 10.2. The van der Waals surface area contributed by atoms with Crippen LogP contribution in [0.1, 0.15) is 27.5 Å². The van der Waals surface area contributed by atoms with Gasteiger partial charge in [0.2, 0.25) is 5.95 Å². The van der Waals surface area contributed by atoms with Crippen molar-refractivity contribution in [3.63, 3.8) is 0 Å². The molecule has 5 rings (SSSR count). The molecular weight excluding hydrogens is 402 g/mol. The molecule has 2 heterocycles. The molecular formula is C25H21N5O2. The lowest BCUT2D eigenvalue weighted by Crippen LogP contribution is -2.20. The van der Waals surface area contributed by atoms with Crippen molar-refractivity contribution >= 4 is 23.5 Å². The number of carbonyl (C=O) groups excluding carboxylic acids is 1. The minimum absolute atomic E-state index is 0.165. The highest BCUT2D eigenvalue weighted by Crippen LogP contribution is 2.33. The minimum Gasteiger partial charge on any atom is -0.497 e. The number of benzene rings is 3. The van der Waals surface area contributed by atoms with E-state index < -0.39 is 0 Å². The van der Waals surface area contributed by atoms with Crippen LogP contribution in [0, 0.1) is 0 Å². The zero-order valence-corrected chi connectivity index (χ0v) is 17.4. The van der Waals surface area contributed by atoms with Gasteiger partial charge in [0.05, 0.1) is 7.11 Å². The van der Waals surface area contributed by atoms with Crippen molar-refractivity contribution in [1.82, 2.24) is 14.8 Å². The van der Waals surface area contributed by atoms with E-state index in [0.29, 0.717) is 17.3 Å². The highest BCUT2D eigenvalue weighted by molar-refractivity contribution is 6.03. The first-order chi connectivity index (χ1) is 15.7.